The van der Waals surface area contributed by atoms with Crippen LogP contribution < -0.4 is 0 Å². The lowest BCUT2D eigenvalue weighted by molar-refractivity contribution is -0.241. The molecule has 100 valence electrons. The normalized spacial score (nSPS) is 30.4. The van der Waals surface area contributed by atoms with Crippen LogP contribution in [0.3, 0.4) is 0 Å². The minimum Gasteiger partial charge on any atom is -0.371 e. The molecular weight excluding hydrogens is 210 g/mol. The van der Waals surface area contributed by atoms with Crippen LogP contribution in [0.5, 0.6) is 0 Å². The van der Waals surface area contributed by atoms with E-state index in [0.29, 0.717) is 6.04 Å². The van der Waals surface area contributed by atoms with Gasteiger partial charge in [0.25, 0.3) is 0 Å². The summed E-state index contributed by atoms with van der Waals surface area (Å²) >= 11 is 0. The first-order chi connectivity index (χ1) is 7.70. The van der Waals surface area contributed by atoms with Gasteiger partial charge in [-0.2, -0.15) is 0 Å². The van der Waals surface area contributed by atoms with Crippen LogP contribution in [0.15, 0.2) is 0 Å². The minimum atomic E-state index is -0.0191. The molecule has 0 bridgehead atoms. The molecule has 0 saturated carbocycles. The Morgan fingerprint density at radius 2 is 1.59 bits per heavy atom. The van der Waals surface area contributed by atoms with Crippen molar-refractivity contribution >= 4 is 0 Å². The Morgan fingerprint density at radius 3 is 2.12 bits per heavy atom. The van der Waals surface area contributed by atoms with Crippen molar-refractivity contribution in [1.82, 2.24) is 4.90 Å². The van der Waals surface area contributed by atoms with Crippen molar-refractivity contribution in [3.63, 3.8) is 0 Å². The highest BCUT2D eigenvalue weighted by Crippen LogP contribution is 2.53. The van der Waals surface area contributed by atoms with Crippen molar-refractivity contribution < 1.29 is 4.74 Å². The van der Waals surface area contributed by atoms with Crippen molar-refractivity contribution in [1.29, 1.82) is 0 Å². The molecule has 1 unspecified atom stereocenters. The fourth-order valence-electron chi connectivity index (χ4n) is 4.53. The molecule has 0 amide bonds. The molecule has 17 heavy (non-hydrogen) atoms. The third-order valence-corrected chi connectivity index (χ3v) is 4.77. The van der Waals surface area contributed by atoms with E-state index in [0.717, 1.165) is 13.2 Å². The Labute approximate surface area is 107 Å². The first-order valence-corrected chi connectivity index (χ1v) is 7.08. The molecule has 0 aromatic heterocycles. The maximum absolute atomic E-state index is 6.47. The molecule has 2 aliphatic rings. The Hall–Kier alpha value is -0.0800. The summed E-state index contributed by atoms with van der Waals surface area (Å²) in [6.07, 6.45) is 2.64. The van der Waals surface area contributed by atoms with Gasteiger partial charge in [-0.1, -0.05) is 41.5 Å². The quantitative estimate of drug-likeness (QED) is 0.643. The van der Waals surface area contributed by atoms with Crippen molar-refractivity contribution in [3.8, 4) is 0 Å². The number of morpholine rings is 1. The highest BCUT2D eigenvalue weighted by Gasteiger charge is 2.60. The molecule has 1 atom stereocenters. The summed E-state index contributed by atoms with van der Waals surface area (Å²) in [6.45, 7) is 17.4. The van der Waals surface area contributed by atoms with E-state index >= 15 is 0 Å². The topological polar surface area (TPSA) is 12.5 Å². The summed E-state index contributed by atoms with van der Waals surface area (Å²) in [5.41, 5.74) is 0.340. The van der Waals surface area contributed by atoms with E-state index in [2.05, 4.69) is 46.4 Å². The van der Waals surface area contributed by atoms with Gasteiger partial charge in [0.05, 0.1) is 12.2 Å². The van der Waals surface area contributed by atoms with E-state index in [1.165, 1.54) is 19.4 Å². The van der Waals surface area contributed by atoms with E-state index in [1.807, 2.05) is 0 Å². The average molecular weight is 239 g/mol. The number of rotatable bonds is 0. The summed E-state index contributed by atoms with van der Waals surface area (Å²) in [6, 6.07) is 0.608. The van der Waals surface area contributed by atoms with Gasteiger partial charge in [-0.3, -0.25) is 4.90 Å². The predicted molar refractivity (Wildman–Crippen MR) is 72.2 cm³/mol. The Morgan fingerprint density at radius 1 is 1.00 bits per heavy atom. The van der Waals surface area contributed by atoms with Gasteiger partial charge in [-0.05, 0) is 30.2 Å². The van der Waals surface area contributed by atoms with Gasteiger partial charge >= 0.3 is 0 Å². The van der Waals surface area contributed by atoms with Crippen molar-refractivity contribution in [3.05, 3.63) is 0 Å². The van der Waals surface area contributed by atoms with E-state index in [4.69, 9.17) is 4.74 Å². The molecule has 2 fully saturated rings. The number of ether oxygens (including phenoxy) is 1. The molecule has 0 radical (unpaired) electrons. The van der Waals surface area contributed by atoms with Crippen LogP contribution in [0, 0.1) is 10.8 Å². The molecule has 2 heteroatoms. The SMILES string of the molecule is CC(C)(C)C1(C(C)(C)C)OCCN2CCCC21. The second-order valence-electron chi connectivity index (χ2n) is 7.78. The lowest BCUT2D eigenvalue weighted by atomic mass is 9.58. The van der Waals surface area contributed by atoms with Gasteiger partial charge < -0.3 is 4.74 Å². The highest BCUT2D eigenvalue weighted by atomic mass is 16.5. The van der Waals surface area contributed by atoms with Gasteiger partial charge in [-0.25, -0.2) is 0 Å². The first-order valence-electron chi connectivity index (χ1n) is 7.08. The molecule has 2 saturated heterocycles. The minimum absolute atomic E-state index is 0.0191. The smallest absolute Gasteiger partial charge is 0.0933 e. The van der Waals surface area contributed by atoms with E-state index < -0.39 is 0 Å². The van der Waals surface area contributed by atoms with Crippen LogP contribution in [0.1, 0.15) is 54.4 Å². The maximum Gasteiger partial charge on any atom is 0.0933 e. The molecule has 0 aliphatic carbocycles. The first kappa shape index (κ1) is 13.4. The van der Waals surface area contributed by atoms with Gasteiger partial charge in [0.15, 0.2) is 0 Å². The average Bonchev–Trinajstić information content (AvgIpc) is 2.60. The van der Waals surface area contributed by atoms with E-state index in [-0.39, 0.29) is 16.4 Å². The maximum atomic E-state index is 6.47. The van der Waals surface area contributed by atoms with Crippen molar-refractivity contribution in [2.45, 2.75) is 66.0 Å². The molecule has 0 N–H and O–H groups in total. The number of hydrogen-bond donors (Lipinski definition) is 0. The highest BCUT2D eigenvalue weighted by molar-refractivity contribution is 5.12. The molecule has 0 spiro atoms. The summed E-state index contributed by atoms with van der Waals surface area (Å²) in [5.74, 6) is 0. The van der Waals surface area contributed by atoms with E-state index in [9.17, 15) is 0 Å². The Bertz CT molecular complexity index is 270. The van der Waals surface area contributed by atoms with Crippen LogP contribution in [0.25, 0.3) is 0 Å². The molecule has 0 aromatic carbocycles. The molecule has 2 nitrogen and oxygen atoms in total. The second kappa shape index (κ2) is 3.96. The molecule has 0 aromatic rings. The van der Waals surface area contributed by atoms with Gasteiger partial charge in [0.2, 0.25) is 0 Å². The van der Waals surface area contributed by atoms with Gasteiger partial charge in [0.1, 0.15) is 0 Å². The predicted octanol–water partition coefficient (Wildman–Crippen LogP) is 3.31. The summed E-state index contributed by atoms with van der Waals surface area (Å²) < 4.78 is 6.47. The lowest BCUT2D eigenvalue weighted by Crippen LogP contribution is -2.69. The second-order valence-corrected chi connectivity index (χ2v) is 7.78. The molecule has 2 heterocycles. The largest absolute Gasteiger partial charge is 0.371 e. The zero-order chi connectivity index (χ0) is 12.9. The molecule has 2 rings (SSSR count). The fraction of sp³-hybridized carbons (Fsp3) is 1.00. The summed E-state index contributed by atoms with van der Waals surface area (Å²) in [5, 5.41) is 0. The fourth-order valence-corrected chi connectivity index (χ4v) is 4.53. The monoisotopic (exact) mass is 239 g/mol. The van der Waals surface area contributed by atoms with Crippen molar-refractivity contribution in [2.24, 2.45) is 10.8 Å². The van der Waals surface area contributed by atoms with Crippen LogP contribution in [-0.4, -0.2) is 36.2 Å². The number of hydrogen-bond acceptors (Lipinski definition) is 2. The third-order valence-electron chi connectivity index (χ3n) is 4.77. The zero-order valence-electron chi connectivity index (χ0n) is 12.5. The van der Waals surface area contributed by atoms with Crippen LogP contribution in [0.4, 0.5) is 0 Å². The van der Waals surface area contributed by atoms with Crippen LogP contribution in [-0.2, 0) is 4.74 Å². The molecule has 2 aliphatic heterocycles. The van der Waals surface area contributed by atoms with Crippen LogP contribution >= 0.6 is 0 Å². The van der Waals surface area contributed by atoms with Crippen LogP contribution in [0.2, 0.25) is 0 Å². The zero-order valence-corrected chi connectivity index (χ0v) is 12.5. The van der Waals surface area contributed by atoms with Crippen molar-refractivity contribution in [2.75, 3.05) is 19.7 Å². The lowest BCUT2D eigenvalue weighted by Gasteiger charge is -2.60. The Balaban J connectivity index is 2.46. The number of fused-ring (bicyclic) bond motifs is 1. The van der Waals surface area contributed by atoms with Gasteiger partial charge in [-0.15, -0.1) is 0 Å². The third kappa shape index (κ3) is 1.84. The molecular formula is C15H29NO. The standard InChI is InChI=1S/C15H29NO/c1-13(2,3)15(14(4,5)6)12-8-7-9-16(12)10-11-17-15/h12H,7-11H2,1-6H3. The Kier molecular flexibility index (Phi) is 3.11. The summed E-state index contributed by atoms with van der Waals surface area (Å²) in [4.78, 5) is 2.67. The van der Waals surface area contributed by atoms with E-state index in [1.54, 1.807) is 0 Å². The number of nitrogens with zero attached hydrogens (tertiary/aromatic N) is 1. The van der Waals surface area contributed by atoms with Gasteiger partial charge in [0, 0.05) is 12.6 Å². The summed E-state index contributed by atoms with van der Waals surface area (Å²) in [7, 11) is 0.